The van der Waals surface area contributed by atoms with E-state index >= 15 is 0 Å². The third-order valence-electron chi connectivity index (χ3n) is 4.53. The second kappa shape index (κ2) is 12.2. The average Bonchev–Trinajstić information content (AvgIpc) is 3.45. The molecule has 0 atom stereocenters. The van der Waals surface area contributed by atoms with Crippen LogP contribution in [0, 0.1) is 63.7 Å². The quantitative estimate of drug-likeness (QED) is 0.561. The van der Waals surface area contributed by atoms with Gasteiger partial charge >= 0.3 is 19.5 Å². The van der Waals surface area contributed by atoms with E-state index in [4.69, 9.17) is 0 Å². The molecule has 29 heavy (non-hydrogen) atoms. The predicted octanol–water partition coefficient (Wildman–Crippen LogP) is 5.73. The van der Waals surface area contributed by atoms with Crippen molar-refractivity contribution in [2.24, 2.45) is 0 Å². The molecule has 0 heterocycles. The van der Waals surface area contributed by atoms with Gasteiger partial charge in [0.1, 0.15) is 11.5 Å². The molecule has 2 aromatic rings. The number of hydrogen-bond donors (Lipinski definition) is 2. The molecule has 0 aliphatic heterocycles. The van der Waals surface area contributed by atoms with Crippen LogP contribution in [0.1, 0.15) is 24.5 Å². The van der Waals surface area contributed by atoms with Crippen LogP contribution in [0.3, 0.4) is 0 Å². The molecule has 2 fully saturated rings. The molecule has 0 saturated heterocycles. The van der Waals surface area contributed by atoms with Gasteiger partial charge in [0.2, 0.25) is 0 Å². The van der Waals surface area contributed by atoms with Gasteiger partial charge in [0.15, 0.2) is 0 Å². The van der Waals surface area contributed by atoms with Crippen molar-refractivity contribution in [1.82, 2.24) is 0 Å². The van der Waals surface area contributed by atoms with Crippen molar-refractivity contribution < 1.29 is 29.7 Å². The fourth-order valence-electron chi connectivity index (χ4n) is 3.19. The van der Waals surface area contributed by atoms with Gasteiger partial charge in [0.05, 0.1) is 0 Å². The summed E-state index contributed by atoms with van der Waals surface area (Å²) in [5.41, 5.74) is 4.46. The number of allylic oxidation sites excluding steroid dienone is 1. The van der Waals surface area contributed by atoms with E-state index in [1.165, 1.54) is 11.5 Å². The first kappa shape index (κ1) is 23.7. The third-order valence-corrected chi connectivity index (χ3v) is 4.53. The Hall–Kier alpha value is -1.60. The first-order chi connectivity index (χ1) is 13.7. The Morgan fingerprint density at radius 3 is 1.34 bits per heavy atom. The second-order valence-corrected chi connectivity index (χ2v) is 6.44. The van der Waals surface area contributed by atoms with E-state index in [2.05, 4.69) is 19.8 Å². The van der Waals surface area contributed by atoms with Crippen molar-refractivity contribution in [3.63, 3.8) is 0 Å². The molecule has 0 unspecified atom stereocenters. The van der Waals surface area contributed by atoms with Crippen LogP contribution in [0.2, 0.25) is 0 Å². The van der Waals surface area contributed by atoms with Crippen molar-refractivity contribution in [2.75, 3.05) is 0 Å². The number of rotatable bonds is 4. The van der Waals surface area contributed by atoms with Crippen molar-refractivity contribution >= 4 is 5.57 Å². The average molecular weight is 470 g/mol. The van der Waals surface area contributed by atoms with Gasteiger partial charge in [0, 0.05) is 5.92 Å². The molecule has 2 N–H and O–H groups in total. The molecule has 0 amide bonds. The standard InChI is InChI=1S/C21H19O2.C5H5.Ru/c1-2-20(15-5-3-4-6-15)21(16-7-11-18(22)12-8-16)17-9-13-19(23)14-10-17;1-2-4-5-3-1;/h3-14,22-23H,2H2,1H3;1-5H;/q;;+2. The Bertz CT molecular complexity index is 697. The monoisotopic (exact) mass is 470 g/mol. The van der Waals surface area contributed by atoms with Gasteiger partial charge in [-0.05, 0) is 105 Å². The summed E-state index contributed by atoms with van der Waals surface area (Å²) < 4.78 is 0. The molecule has 2 aromatic carbocycles. The van der Waals surface area contributed by atoms with E-state index in [9.17, 15) is 10.2 Å². The van der Waals surface area contributed by atoms with Gasteiger partial charge in [-0.2, -0.15) is 0 Å². The van der Waals surface area contributed by atoms with E-state index in [0.29, 0.717) is 0 Å². The summed E-state index contributed by atoms with van der Waals surface area (Å²) in [6.45, 7) is 2.14. The molecule has 0 spiro atoms. The summed E-state index contributed by atoms with van der Waals surface area (Å²) in [6, 6.07) is 14.5. The summed E-state index contributed by atoms with van der Waals surface area (Å²) in [4.78, 5) is 0. The van der Waals surface area contributed by atoms with E-state index in [-0.39, 0.29) is 31.0 Å². The third kappa shape index (κ3) is 6.71. The Kier molecular flexibility index (Phi) is 9.95. The molecule has 0 bridgehead atoms. The van der Waals surface area contributed by atoms with E-state index in [1.807, 2.05) is 69.2 Å². The molecule has 0 aromatic heterocycles. The SMILES string of the molecule is CCC([C]1[CH][CH][CH][CH]1)=C(c1ccc(O)cc1)c1ccc(O)cc1.[CH]1[CH][CH][CH][CH]1.[Ru+2]. The first-order valence-electron chi connectivity index (χ1n) is 9.39. The van der Waals surface area contributed by atoms with Crippen LogP contribution < -0.4 is 0 Å². The molecule has 2 nitrogen and oxygen atoms in total. The maximum Gasteiger partial charge on any atom is 2.00 e. The largest absolute Gasteiger partial charge is 2.00 e. The molecule has 10 radical (unpaired) electrons. The maximum atomic E-state index is 9.58. The minimum Gasteiger partial charge on any atom is -0.508 e. The van der Waals surface area contributed by atoms with Gasteiger partial charge in [-0.3, -0.25) is 0 Å². The number of phenolic OH excluding ortho intramolecular Hbond substituents is 2. The van der Waals surface area contributed by atoms with Gasteiger partial charge < -0.3 is 10.2 Å². The maximum absolute atomic E-state index is 9.58. The van der Waals surface area contributed by atoms with Crippen molar-refractivity contribution in [3.05, 3.63) is 129 Å². The Labute approximate surface area is 188 Å². The van der Waals surface area contributed by atoms with Crippen molar-refractivity contribution in [1.29, 1.82) is 0 Å². The number of hydrogen-bond acceptors (Lipinski definition) is 2. The zero-order valence-electron chi connectivity index (χ0n) is 16.3. The van der Waals surface area contributed by atoms with Gasteiger partial charge in [0.25, 0.3) is 0 Å². The fourth-order valence-corrected chi connectivity index (χ4v) is 3.19. The summed E-state index contributed by atoms with van der Waals surface area (Å²) >= 11 is 0. The summed E-state index contributed by atoms with van der Waals surface area (Å²) in [5, 5.41) is 19.2. The number of benzene rings is 2. The van der Waals surface area contributed by atoms with Crippen LogP contribution in [0.15, 0.2) is 54.1 Å². The summed E-state index contributed by atoms with van der Waals surface area (Å²) in [7, 11) is 0. The van der Waals surface area contributed by atoms with Crippen LogP contribution in [0.4, 0.5) is 0 Å². The normalized spacial score (nSPS) is 15.9. The predicted molar refractivity (Wildman–Crippen MR) is 114 cm³/mol. The van der Waals surface area contributed by atoms with Crippen LogP contribution in [-0.4, -0.2) is 10.2 Å². The molecule has 3 heteroatoms. The van der Waals surface area contributed by atoms with Gasteiger partial charge in [-0.15, -0.1) is 0 Å². The van der Waals surface area contributed by atoms with Crippen LogP contribution in [0.5, 0.6) is 11.5 Å². The van der Waals surface area contributed by atoms with Crippen LogP contribution >= 0.6 is 0 Å². The van der Waals surface area contributed by atoms with E-state index in [1.54, 1.807) is 24.3 Å². The molecule has 2 aliphatic carbocycles. The Balaban J connectivity index is 0.000000437. The topological polar surface area (TPSA) is 40.5 Å². The number of aromatic hydroxyl groups is 2. The van der Waals surface area contributed by atoms with Crippen LogP contribution in [-0.2, 0) is 19.5 Å². The minimum atomic E-state index is 0. The first-order valence-corrected chi connectivity index (χ1v) is 9.39. The molecule has 2 aliphatic rings. The summed E-state index contributed by atoms with van der Waals surface area (Å²) in [5.74, 6) is 1.71. The zero-order valence-corrected chi connectivity index (χ0v) is 18.0. The van der Waals surface area contributed by atoms with E-state index in [0.717, 1.165) is 23.1 Å². The van der Waals surface area contributed by atoms with Crippen molar-refractivity contribution in [2.45, 2.75) is 13.3 Å². The van der Waals surface area contributed by atoms with Gasteiger partial charge in [-0.25, -0.2) is 0 Å². The smallest absolute Gasteiger partial charge is 0.508 e. The molecular formula is C26H24O2Ru+2. The number of phenols is 2. The summed E-state index contributed by atoms with van der Waals surface area (Å²) in [6.07, 6.45) is 19.2. The second-order valence-electron chi connectivity index (χ2n) is 6.44. The molecule has 4 rings (SSSR count). The Morgan fingerprint density at radius 2 is 1.00 bits per heavy atom. The van der Waals surface area contributed by atoms with Crippen molar-refractivity contribution in [3.8, 4) is 11.5 Å². The zero-order chi connectivity index (χ0) is 19.8. The molecule has 2 saturated carbocycles. The minimum absolute atomic E-state index is 0. The molecule has 146 valence electrons. The molecular weight excluding hydrogens is 445 g/mol. The fraction of sp³-hybridized carbons (Fsp3) is 0.0769. The Morgan fingerprint density at radius 1 is 0.621 bits per heavy atom. The van der Waals surface area contributed by atoms with E-state index < -0.39 is 0 Å². The van der Waals surface area contributed by atoms with Crippen LogP contribution in [0.25, 0.3) is 5.57 Å². The van der Waals surface area contributed by atoms with Gasteiger partial charge in [-0.1, -0.05) is 36.8 Å².